The number of aromatic nitrogens is 3. The quantitative estimate of drug-likeness (QED) is 0.612. The zero-order valence-electron chi connectivity index (χ0n) is 18.4. The maximum Gasteiger partial charge on any atom is 0.263 e. The molecule has 3 rings (SSSR count). The Morgan fingerprint density at radius 1 is 1.23 bits per heavy atom. The summed E-state index contributed by atoms with van der Waals surface area (Å²) >= 11 is 1.39. The highest BCUT2D eigenvalue weighted by Gasteiger charge is 2.24. The third-order valence-corrected chi connectivity index (χ3v) is 6.49. The van der Waals surface area contributed by atoms with Crippen molar-refractivity contribution in [3.63, 3.8) is 0 Å². The van der Waals surface area contributed by atoms with E-state index in [1.54, 1.807) is 17.3 Å². The topological polar surface area (TPSA) is 91.0 Å². The highest BCUT2D eigenvalue weighted by molar-refractivity contribution is 7.17. The van der Waals surface area contributed by atoms with Crippen LogP contribution in [0.2, 0.25) is 0 Å². The Balaban J connectivity index is 1.90. The predicted octanol–water partition coefficient (Wildman–Crippen LogP) is 4.33. The van der Waals surface area contributed by atoms with E-state index >= 15 is 0 Å². The molecule has 8 heteroatoms. The first kappa shape index (κ1) is 22.0. The minimum atomic E-state index is -0.182. The molecule has 0 aliphatic rings. The van der Waals surface area contributed by atoms with Crippen molar-refractivity contribution < 1.29 is 9.59 Å². The van der Waals surface area contributed by atoms with Crippen molar-refractivity contribution >= 4 is 34.3 Å². The molecule has 7 nitrogen and oxygen atoms in total. The van der Waals surface area contributed by atoms with Crippen molar-refractivity contribution in [3.8, 4) is 10.6 Å². The number of nitrogens with one attached hydrogen (secondary N) is 2. The summed E-state index contributed by atoms with van der Waals surface area (Å²) in [7, 11) is 0. The molecule has 30 heavy (non-hydrogen) atoms. The number of hydrogen-bond donors (Lipinski definition) is 2. The van der Waals surface area contributed by atoms with Gasteiger partial charge in [-0.3, -0.25) is 9.59 Å². The molecule has 0 aliphatic heterocycles. The fourth-order valence-corrected chi connectivity index (χ4v) is 3.86. The molecule has 2 amide bonds. The van der Waals surface area contributed by atoms with Crippen molar-refractivity contribution in [2.24, 2.45) is 5.41 Å². The van der Waals surface area contributed by atoms with Crippen LogP contribution in [0.3, 0.4) is 0 Å². The normalized spacial score (nSPS) is 12.7. The van der Waals surface area contributed by atoms with Gasteiger partial charge in [-0.15, -0.1) is 11.3 Å². The standard InChI is InChI=1S/C22H29N5O2S/c1-7-27(8-2)21(29)17-10-9-16(30-17)15-12-24-19-18(26-15)14(11-23-19)20(28)25-13(3)22(4,5)6/h9-13H,7-8H2,1-6H3,(H,23,24)(H,25,28). The van der Waals surface area contributed by atoms with Gasteiger partial charge in [0.05, 0.1) is 27.2 Å². The molecule has 0 fully saturated rings. The molecule has 0 spiro atoms. The van der Waals surface area contributed by atoms with Crippen LogP contribution in [0.5, 0.6) is 0 Å². The van der Waals surface area contributed by atoms with E-state index in [0.717, 1.165) is 4.88 Å². The van der Waals surface area contributed by atoms with E-state index in [0.29, 0.717) is 40.4 Å². The number of rotatable bonds is 6. The Kier molecular flexibility index (Phi) is 6.26. The van der Waals surface area contributed by atoms with Gasteiger partial charge in [-0.2, -0.15) is 0 Å². The van der Waals surface area contributed by atoms with E-state index in [-0.39, 0.29) is 23.3 Å². The molecule has 0 bridgehead atoms. The largest absolute Gasteiger partial charge is 0.349 e. The number of fused-ring (bicyclic) bond motifs is 1. The summed E-state index contributed by atoms with van der Waals surface area (Å²) < 4.78 is 0. The van der Waals surface area contributed by atoms with Gasteiger partial charge in [0.15, 0.2) is 5.65 Å². The Hall–Kier alpha value is -2.74. The van der Waals surface area contributed by atoms with E-state index in [2.05, 4.69) is 41.0 Å². The van der Waals surface area contributed by atoms with Crippen LogP contribution in [0.25, 0.3) is 21.7 Å². The molecular formula is C22H29N5O2S. The molecule has 0 saturated carbocycles. The second kappa shape index (κ2) is 8.55. The summed E-state index contributed by atoms with van der Waals surface area (Å²) in [6.07, 6.45) is 3.30. The minimum Gasteiger partial charge on any atom is -0.349 e. The van der Waals surface area contributed by atoms with E-state index in [4.69, 9.17) is 0 Å². The second-order valence-electron chi connectivity index (χ2n) is 8.36. The lowest BCUT2D eigenvalue weighted by atomic mass is 9.88. The summed E-state index contributed by atoms with van der Waals surface area (Å²) in [5.74, 6) is -0.165. The van der Waals surface area contributed by atoms with Crippen molar-refractivity contribution in [2.45, 2.75) is 47.6 Å². The first-order valence-electron chi connectivity index (χ1n) is 10.2. The van der Waals surface area contributed by atoms with Crippen molar-refractivity contribution in [1.82, 2.24) is 25.2 Å². The first-order chi connectivity index (χ1) is 14.2. The SMILES string of the molecule is CCN(CC)C(=O)c1ccc(-c2cnc3[nH]cc(C(=O)NC(C)C(C)(C)C)c3n2)s1. The molecule has 3 aromatic rings. The van der Waals surface area contributed by atoms with Crippen LogP contribution in [0.1, 0.15) is 61.6 Å². The van der Waals surface area contributed by atoms with E-state index in [9.17, 15) is 9.59 Å². The molecule has 0 aliphatic carbocycles. The number of nitrogens with zero attached hydrogens (tertiary/aromatic N) is 3. The highest BCUT2D eigenvalue weighted by Crippen LogP contribution is 2.29. The molecule has 0 aromatic carbocycles. The lowest BCUT2D eigenvalue weighted by Crippen LogP contribution is -2.41. The van der Waals surface area contributed by atoms with Crippen molar-refractivity contribution in [3.05, 3.63) is 35.0 Å². The number of aromatic amines is 1. The van der Waals surface area contributed by atoms with Crippen LogP contribution in [0.4, 0.5) is 0 Å². The summed E-state index contributed by atoms with van der Waals surface area (Å²) in [6.45, 7) is 13.5. The maximum atomic E-state index is 12.8. The van der Waals surface area contributed by atoms with Gasteiger partial charge in [-0.05, 0) is 38.3 Å². The number of carbonyl (C=O) groups excluding carboxylic acids is 2. The van der Waals surface area contributed by atoms with Crippen LogP contribution in [-0.4, -0.2) is 50.8 Å². The van der Waals surface area contributed by atoms with Gasteiger partial charge < -0.3 is 15.2 Å². The summed E-state index contributed by atoms with van der Waals surface area (Å²) in [5, 5.41) is 3.04. The summed E-state index contributed by atoms with van der Waals surface area (Å²) in [5.41, 5.74) is 2.14. The van der Waals surface area contributed by atoms with Crippen LogP contribution in [0, 0.1) is 5.41 Å². The van der Waals surface area contributed by atoms with Crippen molar-refractivity contribution in [2.75, 3.05) is 13.1 Å². The predicted molar refractivity (Wildman–Crippen MR) is 121 cm³/mol. The van der Waals surface area contributed by atoms with E-state index < -0.39 is 0 Å². The van der Waals surface area contributed by atoms with Gasteiger partial charge in [-0.25, -0.2) is 9.97 Å². The van der Waals surface area contributed by atoms with Crippen LogP contribution < -0.4 is 5.32 Å². The van der Waals surface area contributed by atoms with Gasteiger partial charge in [-0.1, -0.05) is 20.8 Å². The van der Waals surface area contributed by atoms with Crippen LogP contribution >= 0.6 is 11.3 Å². The Morgan fingerprint density at radius 3 is 2.57 bits per heavy atom. The summed E-state index contributed by atoms with van der Waals surface area (Å²) in [6, 6.07) is 3.70. The van der Waals surface area contributed by atoms with Gasteiger partial charge >= 0.3 is 0 Å². The molecule has 0 saturated heterocycles. The molecular weight excluding hydrogens is 398 g/mol. The van der Waals surface area contributed by atoms with Crippen LogP contribution in [0.15, 0.2) is 24.5 Å². The lowest BCUT2D eigenvalue weighted by Gasteiger charge is -2.27. The van der Waals surface area contributed by atoms with E-state index in [1.807, 2.05) is 32.9 Å². The average molecular weight is 428 g/mol. The maximum absolute atomic E-state index is 12.8. The Bertz CT molecular complexity index is 1060. The molecule has 1 atom stereocenters. The lowest BCUT2D eigenvalue weighted by molar-refractivity contribution is 0.0777. The number of hydrogen-bond acceptors (Lipinski definition) is 5. The third-order valence-electron chi connectivity index (χ3n) is 5.39. The fraction of sp³-hybridized carbons (Fsp3) is 0.455. The first-order valence-corrected chi connectivity index (χ1v) is 11.0. The van der Waals surface area contributed by atoms with E-state index in [1.165, 1.54) is 11.3 Å². The number of amides is 2. The van der Waals surface area contributed by atoms with Gasteiger partial charge in [0, 0.05) is 25.3 Å². The molecule has 3 aromatic heterocycles. The molecule has 0 radical (unpaired) electrons. The fourth-order valence-electron chi connectivity index (χ4n) is 2.93. The summed E-state index contributed by atoms with van der Waals surface area (Å²) in [4.78, 5) is 40.8. The molecule has 1 unspecified atom stereocenters. The van der Waals surface area contributed by atoms with Crippen molar-refractivity contribution in [1.29, 1.82) is 0 Å². The Morgan fingerprint density at radius 2 is 1.93 bits per heavy atom. The number of thiophene rings is 1. The molecule has 3 heterocycles. The van der Waals surface area contributed by atoms with Gasteiger partial charge in [0.25, 0.3) is 11.8 Å². The average Bonchev–Trinajstić information content (AvgIpc) is 3.34. The second-order valence-corrected chi connectivity index (χ2v) is 9.44. The zero-order valence-corrected chi connectivity index (χ0v) is 19.2. The van der Waals surface area contributed by atoms with Gasteiger partial charge in [0.1, 0.15) is 5.52 Å². The Labute approximate surface area is 180 Å². The third kappa shape index (κ3) is 4.38. The molecule has 2 N–H and O–H groups in total. The smallest absolute Gasteiger partial charge is 0.263 e. The number of carbonyl (C=O) groups is 2. The van der Waals surface area contributed by atoms with Gasteiger partial charge in [0.2, 0.25) is 0 Å². The highest BCUT2D eigenvalue weighted by atomic mass is 32.1. The number of H-pyrrole nitrogens is 1. The zero-order chi connectivity index (χ0) is 22.1. The minimum absolute atomic E-state index is 0.00274. The van der Waals surface area contributed by atoms with Crippen LogP contribution in [-0.2, 0) is 0 Å². The monoisotopic (exact) mass is 427 g/mol. The molecule has 160 valence electrons.